The van der Waals surface area contributed by atoms with E-state index in [2.05, 4.69) is 35.9 Å². The molecule has 0 radical (unpaired) electrons. The standard InChI is InChI=1S/C14H17NS5/c1-16-13-3-2-10(6-12(13)15)8-18-20-19-9-14-7-11(14)4-5-17-14/h2-6,11H,7-9,15H2,1H3. The molecule has 1 aliphatic carbocycles. The quantitative estimate of drug-likeness (QED) is 0.297. The molecule has 1 aromatic carbocycles. The lowest BCUT2D eigenvalue weighted by molar-refractivity contribution is 0.992. The van der Waals surface area contributed by atoms with Gasteiger partial charge in [0.05, 0.1) is 0 Å². The molecule has 1 nitrogen and oxygen atoms in total. The third kappa shape index (κ3) is 3.46. The van der Waals surface area contributed by atoms with Crippen LogP contribution in [-0.2, 0) is 5.75 Å². The first-order chi connectivity index (χ1) is 9.73. The van der Waals surface area contributed by atoms with Crippen LogP contribution in [0.3, 0.4) is 0 Å². The number of benzene rings is 1. The van der Waals surface area contributed by atoms with Crippen molar-refractivity contribution in [3.8, 4) is 0 Å². The third-order valence-corrected chi connectivity index (χ3v) is 10.3. The van der Waals surface area contributed by atoms with Crippen molar-refractivity contribution in [3.63, 3.8) is 0 Å². The van der Waals surface area contributed by atoms with Crippen LogP contribution < -0.4 is 5.73 Å². The summed E-state index contributed by atoms with van der Waals surface area (Å²) in [5.41, 5.74) is 8.24. The minimum atomic E-state index is 0.572. The van der Waals surface area contributed by atoms with Gasteiger partial charge in [0.25, 0.3) is 0 Å². The third-order valence-electron chi connectivity index (χ3n) is 3.61. The highest BCUT2D eigenvalue weighted by Crippen LogP contribution is 2.62. The second kappa shape index (κ2) is 6.73. The Kier molecular flexibility index (Phi) is 5.19. The number of nitrogens with two attached hydrogens (primary N) is 1. The SMILES string of the molecule is CSc1ccc(CSSSCC23CC2C=CS3)cc1N. The number of allylic oxidation sites excluding steroid dienone is 1. The first-order valence-corrected chi connectivity index (χ1v) is 12.3. The summed E-state index contributed by atoms with van der Waals surface area (Å²) in [5.74, 6) is 3.16. The Bertz CT molecular complexity index is 518. The van der Waals surface area contributed by atoms with E-state index in [9.17, 15) is 0 Å². The van der Waals surface area contributed by atoms with Gasteiger partial charge in [0.15, 0.2) is 0 Å². The predicted octanol–water partition coefficient (Wildman–Crippen LogP) is 5.54. The van der Waals surface area contributed by atoms with Crippen LogP contribution in [0.4, 0.5) is 5.69 Å². The van der Waals surface area contributed by atoms with Crippen molar-refractivity contribution in [2.24, 2.45) is 5.92 Å². The van der Waals surface area contributed by atoms with Gasteiger partial charge in [0.1, 0.15) is 0 Å². The summed E-state index contributed by atoms with van der Waals surface area (Å²) in [6, 6.07) is 6.42. The minimum Gasteiger partial charge on any atom is -0.398 e. The summed E-state index contributed by atoms with van der Waals surface area (Å²) < 4.78 is 0.572. The molecule has 3 rings (SSSR count). The van der Waals surface area contributed by atoms with E-state index in [-0.39, 0.29) is 0 Å². The second-order valence-corrected chi connectivity index (χ2v) is 11.4. The summed E-state index contributed by atoms with van der Waals surface area (Å²) in [7, 11) is 5.84. The van der Waals surface area contributed by atoms with Gasteiger partial charge in [-0.2, -0.15) is 0 Å². The van der Waals surface area contributed by atoms with Gasteiger partial charge in [-0.05, 0) is 51.5 Å². The van der Waals surface area contributed by atoms with E-state index in [1.807, 2.05) is 43.2 Å². The van der Waals surface area contributed by atoms with E-state index in [0.29, 0.717) is 4.75 Å². The zero-order valence-electron chi connectivity index (χ0n) is 11.2. The Morgan fingerprint density at radius 1 is 1.40 bits per heavy atom. The molecule has 0 spiro atoms. The van der Waals surface area contributed by atoms with E-state index in [4.69, 9.17) is 5.73 Å². The lowest BCUT2D eigenvalue weighted by atomic mass is 10.2. The number of rotatable bonds is 7. The van der Waals surface area contributed by atoms with E-state index in [1.165, 1.54) is 22.6 Å². The maximum Gasteiger partial charge on any atom is 0.0455 e. The summed E-state index contributed by atoms with van der Waals surface area (Å²) in [5, 5.41) is 2.28. The summed E-state index contributed by atoms with van der Waals surface area (Å²) >= 11 is 3.74. The molecule has 20 heavy (non-hydrogen) atoms. The number of hydrogen-bond acceptors (Lipinski definition) is 6. The van der Waals surface area contributed by atoms with Crippen LogP contribution in [0, 0.1) is 5.92 Å². The zero-order valence-corrected chi connectivity index (χ0v) is 15.3. The molecule has 2 unspecified atom stereocenters. The van der Waals surface area contributed by atoms with E-state index in [1.54, 1.807) is 11.8 Å². The van der Waals surface area contributed by atoms with Crippen LogP contribution in [0.5, 0.6) is 0 Å². The lowest BCUT2D eigenvalue weighted by Gasteiger charge is -2.09. The molecule has 0 amide bonds. The first-order valence-electron chi connectivity index (χ1n) is 6.41. The van der Waals surface area contributed by atoms with Gasteiger partial charge in [-0.25, -0.2) is 0 Å². The summed E-state index contributed by atoms with van der Waals surface area (Å²) in [6.45, 7) is 0. The molecule has 0 bridgehead atoms. The molecule has 2 atom stereocenters. The van der Waals surface area contributed by atoms with Crippen molar-refractivity contribution >= 4 is 60.6 Å². The highest BCUT2D eigenvalue weighted by Gasteiger charge is 2.55. The molecule has 1 saturated carbocycles. The predicted molar refractivity (Wildman–Crippen MR) is 102 cm³/mol. The summed E-state index contributed by atoms with van der Waals surface area (Å²) in [6.07, 6.45) is 5.82. The van der Waals surface area contributed by atoms with Gasteiger partial charge < -0.3 is 5.73 Å². The lowest BCUT2D eigenvalue weighted by Crippen LogP contribution is -2.04. The Morgan fingerprint density at radius 3 is 2.95 bits per heavy atom. The topological polar surface area (TPSA) is 26.0 Å². The molecular formula is C14H17NS5. The van der Waals surface area contributed by atoms with Crippen LogP contribution >= 0.6 is 54.9 Å². The number of anilines is 1. The van der Waals surface area contributed by atoms with E-state index < -0.39 is 0 Å². The Balaban J connectivity index is 1.36. The van der Waals surface area contributed by atoms with Crippen LogP contribution in [0.2, 0.25) is 0 Å². The molecule has 2 N–H and O–H groups in total. The maximum absolute atomic E-state index is 6.02. The van der Waals surface area contributed by atoms with Gasteiger partial charge in [-0.3, -0.25) is 0 Å². The molecule has 1 heterocycles. The van der Waals surface area contributed by atoms with Crippen molar-refractivity contribution in [1.82, 2.24) is 0 Å². The maximum atomic E-state index is 6.02. The number of nitrogen functional groups attached to an aromatic ring is 1. The fourth-order valence-corrected chi connectivity index (χ4v) is 8.55. The molecule has 1 aromatic rings. The monoisotopic (exact) mass is 359 g/mol. The summed E-state index contributed by atoms with van der Waals surface area (Å²) in [4.78, 5) is 1.17. The fourth-order valence-electron chi connectivity index (χ4n) is 2.29. The van der Waals surface area contributed by atoms with Gasteiger partial charge in [0.2, 0.25) is 0 Å². The van der Waals surface area contributed by atoms with E-state index in [0.717, 1.165) is 17.4 Å². The highest BCUT2D eigenvalue weighted by molar-refractivity contribution is 9.09. The molecule has 1 fully saturated rings. The van der Waals surface area contributed by atoms with Gasteiger partial charge in [-0.15, -0.1) is 23.5 Å². The Hall–Kier alpha value is 0.510. The largest absolute Gasteiger partial charge is 0.398 e. The Labute approximate surface area is 140 Å². The van der Waals surface area contributed by atoms with Crippen LogP contribution in [0.25, 0.3) is 0 Å². The average Bonchev–Trinajstić information content (AvgIpc) is 2.99. The second-order valence-electron chi connectivity index (χ2n) is 4.99. The number of hydrogen-bond donors (Lipinski definition) is 1. The van der Waals surface area contributed by atoms with Crippen molar-refractivity contribution in [2.45, 2.75) is 21.8 Å². The zero-order chi connectivity index (χ0) is 14.0. The Morgan fingerprint density at radius 2 is 2.30 bits per heavy atom. The fraction of sp³-hybridized carbons (Fsp3) is 0.429. The van der Waals surface area contributed by atoms with Crippen molar-refractivity contribution < 1.29 is 0 Å². The molecule has 1 aliphatic heterocycles. The van der Waals surface area contributed by atoms with Crippen LogP contribution in [0.1, 0.15) is 12.0 Å². The minimum absolute atomic E-state index is 0.572. The molecule has 0 aromatic heterocycles. The average molecular weight is 360 g/mol. The van der Waals surface area contributed by atoms with Crippen molar-refractivity contribution in [1.29, 1.82) is 0 Å². The number of thioether (sulfide) groups is 2. The molecule has 2 aliphatic rings. The van der Waals surface area contributed by atoms with Gasteiger partial charge in [0, 0.05) is 26.8 Å². The molecule has 6 heteroatoms. The first kappa shape index (κ1) is 15.4. The van der Waals surface area contributed by atoms with Crippen LogP contribution in [-0.4, -0.2) is 16.8 Å². The van der Waals surface area contributed by atoms with Crippen molar-refractivity contribution in [3.05, 3.63) is 35.2 Å². The van der Waals surface area contributed by atoms with Crippen LogP contribution in [0.15, 0.2) is 34.6 Å². The van der Waals surface area contributed by atoms with E-state index >= 15 is 0 Å². The van der Waals surface area contributed by atoms with Crippen molar-refractivity contribution in [2.75, 3.05) is 17.7 Å². The highest BCUT2D eigenvalue weighted by atomic mass is 33.5. The molecule has 108 valence electrons. The van der Waals surface area contributed by atoms with Gasteiger partial charge in [-0.1, -0.05) is 33.7 Å². The van der Waals surface area contributed by atoms with Gasteiger partial charge >= 0.3 is 0 Å². The number of fused-ring (bicyclic) bond motifs is 1. The molecule has 0 saturated heterocycles. The normalized spacial score (nSPS) is 26.8. The molecular weight excluding hydrogens is 342 g/mol. The smallest absolute Gasteiger partial charge is 0.0455 e.